The summed E-state index contributed by atoms with van der Waals surface area (Å²) in [7, 11) is 1.68. The molecule has 170 valence electrons. The predicted octanol–water partition coefficient (Wildman–Crippen LogP) is 5.53. The quantitative estimate of drug-likeness (QED) is 0.457. The highest BCUT2D eigenvalue weighted by atomic mass is 16.5. The maximum atomic E-state index is 6.00. The van der Waals surface area contributed by atoms with Crippen LogP contribution in [0.3, 0.4) is 0 Å². The first-order chi connectivity index (χ1) is 15.4. The molecule has 0 aliphatic rings. The van der Waals surface area contributed by atoms with Crippen LogP contribution < -0.4 is 15.2 Å². The van der Waals surface area contributed by atoms with Crippen molar-refractivity contribution in [2.24, 2.45) is 5.73 Å². The second-order valence-electron chi connectivity index (χ2n) is 9.21. The first-order valence-electron chi connectivity index (χ1n) is 11.2. The Balaban J connectivity index is 1.67. The summed E-state index contributed by atoms with van der Waals surface area (Å²) in [6, 6.07) is 25.2. The Hall–Kier alpha value is -2.82. The fourth-order valence-electron chi connectivity index (χ4n) is 3.69. The molecule has 3 aromatic rings. The smallest absolute Gasteiger partial charge is 0.161 e. The topological polar surface area (TPSA) is 47.7 Å². The van der Waals surface area contributed by atoms with Crippen molar-refractivity contribution >= 4 is 0 Å². The molecule has 0 aromatic heterocycles. The van der Waals surface area contributed by atoms with E-state index in [1.165, 1.54) is 16.7 Å². The van der Waals surface area contributed by atoms with Gasteiger partial charge >= 0.3 is 0 Å². The number of ether oxygens (including phenoxy) is 2. The summed E-state index contributed by atoms with van der Waals surface area (Å²) >= 11 is 0. The zero-order chi connectivity index (χ0) is 23.0. The second-order valence-corrected chi connectivity index (χ2v) is 9.21. The van der Waals surface area contributed by atoms with Gasteiger partial charge in [0.2, 0.25) is 0 Å². The monoisotopic (exact) mass is 432 g/mol. The van der Waals surface area contributed by atoms with Gasteiger partial charge in [0.1, 0.15) is 6.61 Å². The van der Waals surface area contributed by atoms with Gasteiger partial charge in [0.15, 0.2) is 11.5 Å². The van der Waals surface area contributed by atoms with Crippen LogP contribution in [0.15, 0.2) is 72.8 Å². The molecule has 32 heavy (non-hydrogen) atoms. The van der Waals surface area contributed by atoms with Crippen molar-refractivity contribution in [2.75, 3.05) is 20.2 Å². The van der Waals surface area contributed by atoms with Crippen LogP contribution in [0.4, 0.5) is 0 Å². The summed E-state index contributed by atoms with van der Waals surface area (Å²) in [6.45, 7) is 10.3. The molecule has 0 saturated heterocycles. The largest absolute Gasteiger partial charge is 0.493 e. The van der Waals surface area contributed by atoms with E-state index in [-0.39, 0.29) is 5.41 Å². The van der Waals surface area contributed by atoms with Crippen LogP contribution in [0.25, 0.3) is 0 Å². The minimum atomic E-state index is 0.163. The molecule has 0 saturated carbocycles. The number of nitrogens with two attached hydrogens (primary N) is 1. The molecule has 0 bridgehead atoms. The average Bonchev–Trinajstić information content (AvgIpc) is 2.78. The zero-order valence-electron chi connectivity index (χ0n) is 19.8. The lowest BCUT2D eigenvalue weighted by Crippen LogP contribution is -2.28. The van der Waals surface area contributed by atoms with Gasteiger partial charge < -0.3 is 15.2 Å². The van der Waals surface area contributed by atoms with Gasteiger partial charge in [0.25, 0.3) is 0 Å². The molecule has 0 amide bonds. The van der Waals surface area contributed by atoms with E-state index in [0.717, 1.165) is 36.7 Å². The second kappa shape index (κ2) is 11.2. The third kappa shape index (κ3) is 6.84. The van der Waals surface area contributed by atoms with Crippen molar-refractivity contribution in [3.63, 3.8) is 0 Å². The lowest BCUT2D eigenvalue weighted by molar-refractivity contribution is 0.262. The number of benzene rings is 3. The summed E-state index contributed by atoms with van der Waals surface area (Å²) in [5, 5.41) is 0. The summed E-state index contributed by atoms with van der Waals surface area (Å²) < 4.78 is 11.6. The van der Waals surface area contributed by atoms with Crippen molar-refractivity contribution in [2.45, 2.75) is 45.9 Å². The minimum absolute atomic E-state index is 0.163. The van der Waals surface area contributed by atoms with Crippen LogP contribution >= 0.6 is 0 Å². The van der Waals surface area contributed by atoms with Crippen LogP contribution in [0, 0.1) is 0 Å². The third-order valence-corrected chi connectivity index (χ3v) is 5.54. The Morgan fingerprint density at radius 1 is 0.781 bits per heavy atom. The van der Waals surface area contributed by atoms with Gasteiger partial charge in [-0.25, -0.2) is 0 Å². The number of hydrogen-bond acceptors (Lipinski definition) is 4. The molecule has 2 N–H and O–H groups in total. The predicted molar refractivity (Wildman–Crippen MR) is 132 cm³/mol. The maximum absolute atomic E-state index is 6.00. The molecule has 0 unspecified atom stereocenters. The van der Waals surface area contributed by atoms with Gasteiger partial charge in [-0.3, -0.25) is 4.90 Å². The van der Waals surface area contributed by atoms with Crippen molar-refractivity contribution in [1.29, 1.82) is 0 Å². The molecule has 4 nitrogen and oxygen atoms in total. The van der Waals surface area contributed by atoms with E-state index >= 15 is 0 Å². The molecule has 0 radical (unpaired) electrons. The maximum Gasteiger partial charge on any atom is 0.161 e. The van der Waals surface area contributed by atoms with Crippen LogP contribution in [0.2, 0.25) is 0 Å². The van der Waals surface area contributed by atoms with Gasteiger partial charge in [-0.15, -0.1) is 0 Å². The number of hydrogen-bond donors (Lipinski definition) is 1. The molecule has 3 rings (SSSR count). The standard InChI is InChI=1S/C28H36N2O2/c1-28(2,3)25-13-10-22(11-14-25)19-30(17-16-29)20-24-12-15-26(27(18-24)31-4)32-21-23-8-6-5-7-9-23/h5-15,18H,16-17,19-21,29H2,1-4H3. The summed E-state index contributed by atoms with van der Waals surface area (Å²) in [4.78, 5) is 2.37. The van der Waals surface area contributed by atoms with E-state index < -0.39 is 0 Å². The highest BCUT2D eigenvalue weighted by Crippen LogP contribution is 2.29. The van der Waals surface area contributed by atoms with Gasteiger partial charge in [0, 0.05) is 26.2 Å². The summed E-state index contributed by atoms with van der Waals surface area (Å²) in [6.07, 6.45) is 0. The lowest BCUT2D eigenvalue weighted by Gasteiger charge is -2.24. The molecule has 0 spiro atoms. The Morgan fingerprint density at radius 3 is 2.06 bits per heavy atom. The van der Waals surface area contributed by atoms with Crippen LogP contribution in [0.1, 0.15) is 43.0 Å². The van der Waals surface area contributed by atoms with Crippen molar-refractivity contribution in [3.05, 3.63) is 95.1 Å². The van der Waals surface area contributed by atoms with E-state index in [1.807, 2.05) is 24.3 Å². The zero-order valence-corrected chi connectivity index (χ0v) is 19.8. The first kappa shape index (κ1) is 23.8. The number of nitrogens with zero attached hydrogens (tertiary/aromatic N) is 1. The highest BCUT2D eigenvalue weighted by molar-refractivity contribution is 5.43. The Bertz CT molecular complexity index is 963. The minimum Gasteiger partial charge on any atom is -0.493 e. The molecule has 0 heterocycles. The highest BCUT2D eigenvalue weighted by Gasteiger charge is 2.14. The summed E-state index contributed by atoms with van der Waals surface area (Å²) in [5.74, 6) is 1.50. The van der Waals surface area contributed by atoms with Crippen molar-refractivity contribution < 1.29 is 9.47 Å². The van der Waals surface area contributed by atoms with Gasteiger partial charge in [0.05, 0.1) is 7.11 Å². The normalized spacial score (nSPS) is 11.6. The Kier molecular flexibility index (Phi) is 8.32. The first-order valence-corrected chi connectivity index (χ1v) is 11.2. The Labute approximate surface area is 193 Å². The Morgan fingerprint density at radius 2 is 1.44 bits per heavy atom. The van der Waals surface area contributed by atoms with Crippen LogP contribution in [0.5, 0.6) is 11.5 Å². The molecular weight excluding hydrogens is 396 g/mol. The fourth-order valence-corrected chi connectivity index (χ4v) is 3.69. The van der Waals surface area contributed by atoms with E-state index in [9.17, 15) is 0 Å². The molecular formula is C28H36N2O2. The molecule has 0 aliphatic carbocycles. The summed E-state index contributed by atoms with van der Waals surface area (Å²) in [5.41, 5.74) is 11.0. The lowest BCUT2D eigenvalue weighted by atomic mass is 9.87. The SMILES string of the molecule is COc1cc(CN(CCN)Cc2ccc(C(C)(C)C)cc2)ccc1OCc1ccccc1. The van der Waals surface area contributed by atoms with E-state index in [1.54, 1.807) is 7.11 Å². The molecule has 0 fully saturated rings. The van der Waals surface area contributed by atoms with Gasteiger partial charge in [-0.1, -0.05) is 81.4 Å². The van der Waals surface area contributed by atoms with Crippen molar-refractivity contribution in [1.82, 2.24) is 4.90 Å². The van der Waals surface area contributed by atoms with E-state index in [0.29, 0.717) is 13.2 Å². The van der Waals surface area contributed by atoms with Crippen LogP contribution in [-0.2, 0) is 25.1 Å². The van der Waals surface area contributed by atoms with Gasteiger partial charge in [-0.2, -0.15) is 0 Å². The molecule has 0 aliphatic heterocycles. The molecule has 4 heteroatoms. The number of methoxy groups -OCH3 is 1. The fraction of sp³-hybridized carbons (Fsp3) is 0.357. The van der Waals surface area contributed by atoms with E-state index in [2.05, 4.69) is 74.2 Å². The molecule has 3 aromatic carbocycles. The molecule has 0 atom stereocenters. The van der Waals surface area contributed by atoms with Crippen LogP contribution in [-0.4, -0.2) is 25.1 Å². The number of rotatable bonds is 10. The third-order valence-electron chi connectivity index (χ3n) is 5.54. The van der Waals surface area contributed by atoms with E-state index in [4.69, 9.17) is 15.2 Å². The van der Waals surface area contributed by atoms with Crippen molar-refractivity contribution in [3.8, 4) is 11.5 Å². The average molecular weight is 433 g/mol. The van der Waals surface area contributed by atoms with Gasteiger partial charge in [-0.05, 0) is 39.8 Å².